The first-order valence-corrected chi connectivity index (χ1v) is 6.08. The first-order chi connectivity index (χ1) is 6.54. The summed E-state index contributed by atoms with van der Waals surface area (Å²) in [6, 6.07) is 0. The molecule has 6 nitrogen and oxygen atoms in total. The Morgan fingerprint density at radius 3 is 2.27 bits per heavy atom. The van der Waals surface area contributed by atoms with E-state index in [1.807, 2.05) is 18.6 Å². The molecule has 15 heavy (non-hydrogen) atoms. The summed E-state index contributed by atoms with van der Waals surface area (Å²) in [7, 11) is -3.92. The quantitative estimate of drug-likeness (QED) is 0.646. The zero-order chi connectivity index (χ0) is 12.3. The smallest absolute Gasteiger partial charge is 0.326 e. The summed E-state index contributed by atoms with van der Waals surface area (Å²) >= 11 is 0. The molecule has 3 N–H and O–H groups in total. The molecule has 0 aromatic heterocycles. The molecule has 0 rings (SSSR count). The van der Waals surface area contributed by atoms with E-state index >= 15 is 0 Å². The number of hydrogen-bond acceptors (Lipinski definition) is 4. The zero-order valence-corrected chi connectivity index (χ0v) is 10.2. The van der Waals surface area contributed by atoms with Gasteiger partial charge in [-0.15, -0.1) is 0 Å². The van der Waals surface area contributed by atoms with Crippen molar-refractivity contribution in [1.29, 1.82) is 0 Å². The third-order valence-electron chi connectivity index (χ3n) is 1.46. The minimum absolute atomic E-state index is 0.194. The van der Waals surface area contributed by atoms with E-state index < -0.39 is 21.7 Å². The number of rotatable bonds is 5. The van der Waals surface area contributed by atoms with Crippen molar-refractivity contribution in [2.75, 3.05) is 6.61 Å². The molecule has 0 aromatic rings. The van der Waals surface area contributed by atoms with Crippen molar-refractivity contribution in [3.63, 3.8) is 0 Å². The maximum atomic E-state index is 11.4. The molecular weight excluding hydrogens is 220 g/mol. The van der Waals surface area contributed by atoms with Gasteiger partial charge in [-0.1, -0.05) is 13.8 Å². The average molecular weight is 238 g/mol. The summed E-state index contributed by atoms with van der Waals surface area (Å²) in [5, 5.41) is 4.77. The lowest BCUT2D eigenvalue weighted by Gasteiger charge is -2.22. The molecule has 0 saturated heterocycles. The van der Waals surface area contributed by atoms with Crippen LogP contribution in [0.15, 0.2) is 0 Å². The van der Waals surface area contributed by atoms with E-state index in [1.54, 1.807) is 0 Å². The van der Waals surface area contributed by atoms with Crippen molar-refractivity contribution in [3.05, 3.63) is 0 Å². The third kappa shape index (κ3) is 6.43. The van der Waals surface area contributed by atoms with Crippen molar-refractivity contribution in [2.45, 2.75) is 33.2 Å². The molecule has 0 amide bonds. The van der Waals surface area contributed by atoms with E-state index in [-0.39, 0.29) is 12.5 Å². The normalized spacial score (nSPS) is 12.9. The maximum Gasteiger partial charge on any atom is 0.326 e. The molecule has 0 fully saturated rings. The van der Waals surface area contributed by atoms with Gasteiger partial charge in [0.15, 0.2) is 0 Å². The summed E-state index contributed by atoms with van der Waals surface area (Å²) in [6.07, 6.45) is 0. The molecule has 0 unspecified atom stereocenters. The largest absolute Gasteiger partial charge is 0.464 e. The van der Waals surface area contributed by atoms with Crippen molar-refractivity contribution in [2.24, 2.45) is 11.1 Å². The lowest BCUT2D eigenvalue weighted by molar-refractivity contribution is -0.150. The van der Waals surface area contributed by atoms with E-state index in [1.165, 1.54) is 13.8 Å². The molecule has 0 aromatic carbocycles. The number of carbonyl (C=O) groups is 1. The predicted molar refractivity (Wildman–Crippen MR) is 56.1 cm³/mol. The van der Waals surface area contributed by atoms with Gasteiger partial charge in [-0.3, -0.25) is 4.79 Å². The van der Waals surface area contributed by atoms with E-state index in [0.717, 1.165) is 0 Å². The van der Waals surface area contributed by atoms with Gasteiger partial charge in [-0.25, -0.2) is 5.14 Å². The highest BCUT2D eigenvalue weighted by atomic mass is 32.2. The Hall–Kier alpha value is -0.660. The van der Waals surface area contributed by atoms with Crippen LogP contribution in [0.2, 0.25) is 0 Å². The molecule has 0 bridgehead atoms. The van der Waals surface area contributed by atoms with Crippen LogP contribution in [-0.4, -0.2) is 26.5 Å². The molecule has 7 heteroatoms. The number of hydrogen-bond donors (Lipinski definition) is 2. The topological polar surface area (TPSA) is 98.5 Å². The highest BCUT2D eigenvalue weighted by Crippen LogP contribution is 2.07. The Bertz CT molecular complexity index is 322. The average Bonchev–Trinajstić information content (AvgIpc) is 1.94. The fourth-order valence-corrected chi connectivity index (χ4v) is 1.61. The van der Waals surface area contributed by atoms with Crippen LogP contribution in [0.5, 0.6) is 0 Å². The number of nitrogens with two attached hydrogens (primary N) is 1. The summed E-state index contributed by atoms with van der Waals surface area (Å²) in [5.41, 5.74) is -1.34. The van der Waals surface area contributed by atoms with Crippen LogP contribution in [-0.2, 0) is 19.7 Å². The monoisotopic (exact) mass is 238 g/mol. The fourth-order valence-electron chi connectivity index (χ4n) is 0.820. The van der Waals surface area contributed by atoms with Crippen molar-refractivity contribution < 1.29 is 17.9 Å². The number of ether oxygens (including phenoxy) is 1. The van der Waals surface area contributed by atoms with Gasteiger partial charge in [0.1, 0.15) is 5.54 Å². The molecule has 0 aliphatic rings. The first-order valence-electron chi connectivity index (χ1n) is 4.53. The number of esters is 1. The second-order valence-electron chi connectivity index (χ2n) is 4.26. The minimum Gasteiger partial charge on any atom is -0.464 e. The van der Waals surface area contributed by atoms with Gasteiger partial charge < -0.3 is 4.74 Å². The predicted octanol–water partition coefficient (Wildman–Crippen LogP) is -0.243. The van der Waals surface area contributed by atoms with Gasteiger partial charge in [0.05, 0.1) is 6.61 Å². The summed E-state index contributed by atoms with van der Waals surface area (Å²) < 4.78 is 28.4. The molecule has 0 aliphatic carbocycles. The van der Waals surface area contributed by atoms with E-state index in [9.17, 15) is 13.2 Å². The number of nitrogens with one attached hydrogen (secondary N) is 1. The summed E-state index contributed by atoms with van der Waals surface area (Å²) in [5.74, 6) is -0.454. The Labute approximate surface area is 90.4 Å². The van der Waals surface area contributed by atoms with Crippen LogP contribution in [0.1, 0.15) is 27.7 Å². The highest BCUT2D eigenvalue weighted by Gasteiger charge is 2.32. The van der Waals surface area contributed by atoms with Gasteiger partial charge in [0, 0.05) is 0 Å². The van der Waals surface area contributed by atoms with Crippen molar-refractivity contribution in [1.82, 2.24) is 4.72 Å². The van der Waals surface area contributed by atoms with Gasteiger partial charge in [0.2, 0.25) is 0 Å². The van der Waals surface area contributed by atoms with Crippen molar-refractivity contribution >= 4 is 16.2 Å². The second kappa shape index (κ2) is 4.91. The molecule has 0 heterocycles. The Morgan fingerprint density at radius 2 is 1.93 bits per heavy atom. The molecule has 0 aliphatic heterocycles. The van der Waals surface area contributed by atoms with Crippen LogP contribution in [0.25, 0.3) is 0 Å². The van der Waals surface area contributed by atoms with Crippen LogP contribution in [0.3, 0.4) is 0 Å². The summed E-state index contributed by atoms with van der Waals surface area (Å²) in [6.45, 7) is 6.79. The summed E-state index contributed by atoms with van der Waals surface area (Å²) in [4.78, 5) is 11.4. The second-order valence-corrected chi connectivity index (χ2v) is 5.56. The lowest BCUT2D eigenvalue weighted by atomic mass is 10.1. The lowest BCUT2D eigenvalue weighted by Crippen LogP contribution is -2.52. The molecule has 0 saturated carbocycles. The SMILES string of the molecule is CC(C)COC(=O)C(C)(C)NS(N)(=O)=O. The fraction of sp³-hybridized carbons (Fsp3) is 0.875. The van der Waals surface area contributed by atoms with Gasteiger partial charge in [0.25, 0.3) is 10.2 Å². The molecule has 0 spiro atoms. The van der Waals surface area contributed by atoms with Gasteiger partial charge in [-0.05, 0) is 19.8 Å². The standard InChI is InChI=1S/C8H18N2O4S/c1-6(2)5-14-7(11)8(3,4)10-15(9,12)13/h6,10H,5H2,1-4H3,(H2,9,12,13). The zero-order valence-electron chi connectivity index (χ0n) is 9.40. The van der Waals surface area contributed by atoms with E-state index in [0.29, 0.717) is 0 Å². The Balaban J connectivity index is 4.40. The van der Waals surface area contributed by atoms with Crippen LogP contribution >= 0.6 is 0 Å². The maximum absolute atomic E-state index is 11.4. The Morgan fingerprint density at radius 1 is 1.47 bits per heavy atom. The molecule has 0 radical (unpaired) electrons. The van der Waals surface area contributed by atoms with Crippen LogP contribution < -0.4 is 9.86 Å². The number of carbonyl (C=O) groups excluding carboxylic acids is 1. The third-order valence-corrected chi connectivity index (χ3v) is 2.25. The van der Waals surface area contributed by atoms with Gasteiger partial charge in [-0.2, -0.15) is 13.1 Å². The minimum atomic E-state index is -3.92. The molecule has 90 valence electrons. The first kappa shape index (κ1) is 14.3. The molecule has 0 atom stereocenters. The van der Waals surface area contributed by atoms with Crippen molar-refractivity contribution in [3.8, 4) is 0 Å². The molecular formula is C8H18N2O4S. The van der Waals surface area contributed by atoms with E-state index in [4.69, 9.17) is 9.88 Å². The van der Waals surface area contributed by atoms with E-state index in [2.05, 4.69) is 0 Å². The Kier molecular flexibility index (Phi) is 4.69. The highest BCUT2D eigenvalue weighted by molar-refractivity contribution is 7.87. The van der Waals surface area contributed by atoms with Crippen LogP contribution in [0.4, 0.5) is 0 Å². The van der Waals surface area contributed by atoms with Crippen LogP contribution in [0, 0.1) is 5.92 Å². The van der Waals surface area contributed by atoms with Gasteiger partial charge >= 0.3 is 5.97 Å².